The van der Waals surface area contributed by atoms with Crippen molar-refractivity contribution in [2.75, 3.05) is 23.9 Å². The molecule has 1 aromatic heterocycles. The highest BCUT2D eigenvalue weighted by atomic mass is 16.5. The smallest absolute Gasteiger partial charge is 0.261 e. The van der Waals surface area contributed by atoms with Crippen LogP contribution < -0.4 is 15.0 Å². The summed E-state index contributed by atoms with van der Waals surface area (Å²) in [4.78, 5) is 23.3. The van der Waals surface area contributed by atoms with Crippen LogP contribution in [0.5, 0.6) is 5.75 Å². The molecule has 6 nitrogen and oxygen atoms in total. The highest BCUT2D eigenvalue weighted by molar-refractivity contribution is 6.06. The van der Waals surface area contributed by atoms with E-state index in [4.69, 9.17) is 4.74 Å². The van der Waals surface area contributed by atoms with Gasteiger partial charge in [0.05, 0.1) is 12.7 Å². The quantitative estimate of drug-likeness (QED) is 0.766. The number of benzene rings is 2. The third-order valence-electron chi connectivity index (χ3n) is 4.60. The number of nitrogens with zero attached hydrogens (tertiary/aromatic N) is 3. The Morgan fingerprint density at radius 1 is 1.07 bits per heavy atom. The number of carbonyl (C=O) groups is 1. The summed E-state index contributed by atoms with van der Waals surface area (Å²) >= 11 is 0. The Balaban J connectivity index is 1.49. The highest BCUT2D eigenvalue weighted by Gasteiger charge is 2.23. The zero-order chi connectivity index (χ0) is 18.6. The number of nitrogens with one attached hydrogen (secondary N) is 1. The summed E-state index contributed by atoms with van der Waals surface area (Å²) < 4.78 is 5.14. The molecule has 0 unspecified atom stereocenters. The maximum atomic E-state index is 12.9. The van der Waals surface area contributed by atoms with Crippen molar-refractivity contribution in [2.24, 2.45) is 0 Å². The lowest BCUT2D eigenvalue weighted by molar-refractivity contribution is 0.0984. The van der Waals surface area contributed by atoms with E-state index < -0.39 is 0 Å². The third kappa shape index (κ3) is 3.60. The SMILES string of the molecule is COc1ccc(Nc2ncc(C(=O)N3CCCc4ccccc43)cn2)cc1. The van der Waals surface area contributed by atoms with Crippen LogP contribution in [0.4, 0.5) is 17.3 Å². The molecule has 0 atom stereocenters. The number of aromatic nitrogens is 2. The first kappa shape index (κ1) is 17.0. The van der Waals surface area contributed by atoms with Gasteiger partial charge in [-0.2, -0.15) is 0 Å². The van der Waals surface area contributed by atoms with E-state index in [2.05, 4.69) is 21.4 Å². The van der Waals surface area contributed by atoms with Gasteiger partial charge in [0.1, 0.15) is 5.75 Å². The lowest BCUT2D eigenvalue weighted by Crippen LogP contribution is -2.35. The largest absolute Gasteiger partial charge is 0.497 e. The Kier molecular flexibility index (Phi) is 4.70. The van der Waals surface area contributed by atoms with Crippen LogP contribution in [0.2, 0.25) is 0 Å². The van der Waals surface area contributed by atoms with Gasteiger partial charge < -0.3 is 15.0 Å². The first-order chi connectivity index (χ1) is 13.2. The van der Waals surface area contributed by atoms with E-state index in [1.165, 1.54) is 5.56 Å². The third-order valence-corrected chi connectivity index (χ3v) is 4.60. The number of hydrogen-bond donors (Lipinski definition) is 1. The molecule has 6 heteroatoms. The Morgan fingerprint density at radius 2 is 1.81 bits per heavy atom. The van der Waals surface area contributed by atoms with Crippen molar-refractivity contribution < 1.29 is 9.53 Å². The van der Waals surface area contributed by atoms with Gasteiger partial charge in [-0.25, -0.2) is 9.97 Å². The zero-order valence-electron chi connectivity index (χ0n) is 15.1. The molecule has 0 saturated heterocycles. The molecule has 0 saturated carbocycles. The van der Waals surface area contributed by atoms with E-state index >= 15 is 0 Å². The van der Waals surface area contributed by atoms with E-state index in [-0.39, 0.29) is 5.91 Å². The molecule has 3 aromatic rings. The monoisotopic (exact) mass is 360 g/mol. The van der Waals surface area contributed by atoms with Crippen molar-refractivity contribution in [3.8, 4) is 5.75 Å². The molecule has 0 fully saturated rings. The molecule has 1 N–H and O–H groups in total. The van der Waals surface area contributed by atoms with Crippen molar-refractivity contribution in [3.63, 3.8) is 0 Å². The summed E-state index contributed by atoms with van der Waals surface area (Å²) in [6, 6.07) is 15.5. The molecule has 0 bridgehead atoms. The van der Waals surface area contributed by atoms with Crippen LogP contribution in [0.3, 0.4) is 0 Å². The first-order valence-electron chi connectivity index (χ1n) is 8.87. The van der Waals surface area contributed by atoms with Gasteiger partial charge in [-0.1, -0.05) is 18.2 Å². The molecule has 2 aromatic carbocycles. The predicted molar refractivity (Wildman–Crippen MR) is 105 cm³/mol. The number of ether oxygens (including phenoxy) is 1. The minimum Gasteiger partial charge on any atom is -0.497 e. The number of fused-ring (bicyclic) bond motifs is 1. The Labute approximate surface area is 157 Å². The molecule has 27 heavy (non-hydrogen) atoms. The number of amides is 1. The fourth-order valence-electron chi connectivity index (χ4n) is 3.21. The second-order valence-electron chi connectivity index (χ2n) is 6.34. The van der Waals surface area contributed by atoms with Crippen LogP contribution in [0.15, 0.2) is 60.9 Å². The van der Waals surface area contributed by atoms with Gasteiger partial charge in [0.25, 0.3) is 5.91 Å². The van der Waals surface area contributed by atoms with Crippen molar-refractivity contribution in [1.82, 2.24) is 9.97 Å². The van der Waals surface area contributed by atoms with Gasteiger partial charge in [0.15, 0.2) is 0 Å². The molecule has 0 aliphatic carbocycles. The normalized spacial score (nSPS) is 13.0. The summed E-state index contributed by atoms with van der Waals surface area (Å²) in [5, 5.41) is 3.11. The van der Waals surface area contributed by atoms with Crippen LogP contribution in [0, 0.1) is 0 Å². The molecule has 0 spiro atoms. The van der Waals surface area contributed by atoms with Gasteiger partial charge in [-0.05, 0) is 48.7 Å². The summed E-state index contributed by atoms with van der Waals surface area (Å²) in [6.45, 7) is 0.710. The second-order valence-corrected chi connectivity index (χ2v) is 6.34. The summed E-state index contributed by atoms with van der Waals surface area (Å²) in [5.74, 6) is 1.15. The van der Waals surface area contributed by atoms with E-state index in [1.807, 2.05) is 47.4 Å². The lowest BCUT2D eigenvalue weighted by Gasteiger charge is -2.29. The molecule has 1 amide bonds. The molecule has 136 valence electrons. The Morgan fingerprint density at radius 3 is 2.56 bits per heavy atom. The second kappa shape index (κ2) is 7.45. The molecule has 2 heterocycles. The summed E-state index contributed by atoms with van der Waals surface area (Å²) in [5.41, 5.74) is 3.51. The Hall–Kier alpha value is -3.41. The standard InChI is InChI=1S/C21H20N4O2/c1-27-18-10-8-17(9-11-18)24-21-22-13-16(14-23-21)20(26)25-12-4-6-15-5-2-3-7-19(15)25/h2-3,5,7-11,13-14H,4,6,12H2,1H3,(H,22,23,24). The van der Waals surface area contributed by atoms with Crippen LogP contribution in [0.1, 0.15) is 22.3 Å². The van der Waals surface area contributed by atoms with E-state index in [9.17, 15) is 4.79 Å². The molecular formula is C21H20N4O2. The fourth-order valence-corrected chi connectivity index (χ4v) is 3.21. The number of carbonyl (C=O) groups excluding carboxylic acids is 1. The van der Waals surface area contributed by atoms with Gasteiger partial charge in [-0.3, -0.25) is 4.79 Å². The Bertz CT molecular complexity index is 939. The minimum absolute atomic E-state index is 0.0712. The maximum absolute atomic E-state index is 12.9. The van der Waals surface area contributed by atoms with Crippen LogP contribution in [0.25, 0.3) is 0 Å². The number of anilines is 3. The molecular weight excluding hydrogens is 340 g/mol. The molecule has 1 aliphatic rings. The van der Waals surface area contributed by atoms with E-state index in [0.717, 1.165) is 30.0 Å². The minimum atomic E-state index is -0.0712. The topological polar surface area (TPSA) is 67.3 Å². The van der Waals surface area contributed by atoms with Gasteiger partial charge in [0.2, 0.25) is 5.95 Å². The highest BCUT2D eigenvalue weighted by Crippen LogP contribution is 2.28. The number of aryl methyl sites for hydroxylation is 1. The molecule has 0 radical (unpaired) electrons. The number of methoxy groups -OCH3 is 1. The number of hydrogen-bond acceptors (Lipinski definition) is 5. The summed E-state index contributed by atoms with van der Waals surface area (Å²) in [7, 11) is 1.63. The van der Waals surface area contributed by atoms with Crippen molar-refractivity contribution in [3.05, 3.63) is 72.1 Å². The van der Waals surface area contributed by atoms with Crippen molar-refractivity contribution in [2.45, 2.75) is 12.8 Å². The van der Waals surface area contributed by atoms with Crippen LogP contribution >= 0.6 is 0 Å². The number of para-hydroxylation sites is 1. The number of rotatable bonds is 4. The maximum Gasteiger partial charge on any atom is 0.261 e. The van der Waals surface area contributed by atoms with E-state index in [0.29, 0.717) is 18.1 Å². The first-order valence-corrected chi connectivity index (χ1v) is 8.87. The molecule has 4 rings (SSSR count). The van der Waals surface area contributed by atoms with Crippen molar-refractivity contribution >= 4 is 23.2 Å². The molecule has 1 aliphatic heterocycles. The average molecular weight is 360 g/mol. The van der Waals surface area contributed by atoms with Gasteiger partial charge in [0, 0.05) is 30.3 Å². The fraction of sp³-hybridized carbons (Fsp3) is 0.190. The predicted octanol–water partition coefficient (Wildman–Crippen LogP) is 3.82. The summed E-state index contributed by atoms with van der Waals surface area (Å²) in [6.07, 6.45) is 5.10. The van der Waals surface area contributed by atoms with Crippen molar-refractivity contribution in [1.29, 1.82) is 0 Å². The zero-order valence-corrected chi connectivity index (χ0v) is 15.1. The van der Waals surface area contributed by atoms with Gasteiger partial charge in [-0.15, -0.1) is 0 Å². The van der Waals surface area contributed by atoms with Gasteiger partial charge >= 0.3 is 0 Å². The van der Waals surface area contributed by atoms with E-state index in [1.54, 1.807) is 19.5 Å². The lowest BCUT2D eigenvalue weighted by atomic mass is 10.0. The average Bonchev–Trinajstić information content (AvgIpc) is 2.74. The van der Waals surface area contributed by atoms with Crippen LogP contribution in [-0.2, 0) is 6.42 Å². The van der Waals surface area contributed by atoms with Crippen LogP contribution in [-0.4, -0.2) is 29.5 Å².